The number of anilines is 1. The Morgan fingerprint density at radius 3 is 3.00 bits per heavy atom. The smallest absolute Gasteiger partial charge is 0.231 e. The summed E-state index contributed by atoms with van der Waals surface area (Å²) in [6.07, 6.45) is 0. The number of hydrogen-bond donors (Lipinski definition) is 0. The molecule has 0 fully saturated rings. The van der Waals surface area contributed by atoms with Crippen LogP contribution in [0.1, 0.15) is 11.5 Å². The zero-order valence-electron chi connectivity index (χ0n) is 11.1. The first kappa shape index (κ1) is 13.7. The minimum atomic E-state index is 0.255. The Morgan fingerprint density at radius 1 is 1.38 bits per heavy atom. The van der Waals surface area contributed by atoms with Crippen molar-refractivity contribution in [1.82, 2.24) is 0 Å². The van der Waals surface area contributed by atoms with Gasteiger partial charge in [-0.3, -0.25) is 0 Å². The van der Waals surface area contributed by atoms with E-state index in [-0.39, 0.29) is 12.7 Å². The largest absolute Gasteiger partial charge is 0.480 e. The molecule has 0 spiro atoms. The van der Waals surface area contributed by atoms with E-state index >= 15 is 0 Å². The number of hydrogen-bond acceptors (Lipinski definition) is 4. The average molecular weight is 342 g/mol. The lowest BCUT2D eigenvalue weighted by Gasteiger charge is -2.16. The van der Waals surface area contributed by atoms with Gasteiger partial charge in [-0.25, -0.2) is 0 Å². The zero-order chi connectivity index (χ0) is 14.6. The molecule has 2 aromatic carbocycles. The van der Waals surface area contributed by atoms with Crippen molar-refractivity contribution in [2.75, 3.05) is 23.9 Å². The van der Waals surface area contributed by atoms with Gasteiger partial charge in [0.25, 0.3) is 0 Å². The van der Waals surface area contributed by atoms with Gasteiger partial charge in [-0.1, -0.05) is 0 Å². The Bertz CT molecular complexity index is 740. The van der Waals surface area contributed by atoms with E-state index < -0.39 is 0 Å². The molecule has 2 aliphatic rings. The molecule has 0 aliphatic carbocycles. The lowest BCUT2D eigenvalue weighted by molar-refractivity contribution is 0.175. The molecule has 0 radical (unpaired) electrons. The standard InChI is InChI=1S/C14H14ClNO3P2/c15-4-7-5-16(20)9-3-11(19-21)8-1-2-10-14(18-6-17-10)13(8)12(7)9/h1-3,7H,4-6,20-21H2/t7-/m1/s1. The molecule has 0 N–H and O–H groups in total. The molecule has 0 amide bonds. The topological polar surface area (TPSA) is 30.9 Å². The fourth-order valence-corrected chi connectivity index (χ4v) is 4.07. The molecule has 110 valence electrons. The summed E-state index contributed by atoms with van der Waals surface area (Å²) in [6, 6.07) is 5.99. The van der Waals surface area contributed by atoms with Gasteiger partial charge < -0.3 is 18.7 Å². The van der Waals surface area contributed by atoms with Crippen LogP contribution in [-0.2, 0) is 0 Å². The molecule has 7 heteroatoms. The number of alkyl halides is 1. The maximum absolute atomic E-state index is 6.18. The fourth-order valence-electron chi connectivity index (χ4n) is 3.15. The molecule has 2 heterocycles. The number of fused-ring (bicyclic) bond motifs is 5. The van der Waals surface area contributed by atoms with Crippen molar-refractivity contribution >= 4 is 46.9 Å². The second kappa shape index (κ2) is 5.05. The molecule has 4 nitrogen and oxygen atoms in total. The van der Waals surface area contributed by atoms with Crippen molar-refractivity contribution < 1.29 is 14.0 Å². The minimum Gasteiger partial charge on any atom is -0.480 e. The highest BCUT2D eigenvalue weighted by Gasteiger charge is 2.33. The number of nitrogens with zero attached hydrogens (tertiary/aromatic N) is 1. The van der Waals surface area contributed by atoms with Crippen molar-refractivity contribution in [1.29, 1.82) is 0 Å². The summed E-state index contributed by atoms with van der Waals surface area (Å²) in [7, 11) is 5.06. The molecule has 2 aromatic rings. The third-order valence-corrected chi connectivity index (χ3v) is 5.18. The van der Waals surface area contributed by atoms with Gasteiger partial charge >= 0.3 is 0 Å². The van der Waals surface area contributed by atoms with Gasteiger partial charge in [-0.2, -0.15) is 0 Å². The third kappa shape index (κ3) is 1.90. The highest BCUT2D eigenvalue weighted by atomic mass is 35.5. The predicted molar refractivity (Wildman–Crippen MR) is 90.9 cm³/mol. The van der Waals surface area contributed by atoms with Crippen LogP contribution in [0, 0.1) is 0 Å². The molecule has 0 saturated carbocycles. The van der Waals surface area contributed by atoms with E-state index in [1.165, 1.54) is 5.56 Å². The SMILES string of the molecule is POc1cc2c(c3c4c(ccc13)OCO4)[C@H](CCl)CN2P. The summed E-state index contributed by atoms with van der Waals surface area (Å²) < 4.78 is 18.8. The van der Waals surface area contributed by atoms with Gasteiger partial charge in [0.1, 0.15) is 5.75 Å². The lowest BCUT2D eigenvalue weighted by atomic mass is 9.94. The molecule has 2 aliphatic heterocycles. The molecule has 0 bridgehead atoms. The van der Waals surface area contributed by atoms with E-state index in [0.29, 0.717) is 5.88 Å². The van der Waals surface area contributed by atoms with E-state index in [1.807, 2.05) is 18.2 Å². The average Bonchev–Trinajstić information content (AvgIpc) is 3.10. The molecule has 2 unspecified atom stereocenters. The van der Waals surface area contributed by atoms with E-state index in [9.17, 15) is 0 Å². The summed E-state index contributed by atoms with van der Waals surface area (Å²) in [5, 5.41) is 2.07. The maximum Gasteiger partial charge on any atom is 0.231 e. The Labute approximate surface area is 132 Å². The van der Waals surface area contributed by atoms with Crippen LogP contribution >= 0.6 is 30.5 Å². The molecule has 21 heavy (non-hydrogen) atoms. The first-order valence-electron chi connectivity index (χ1n) is 6.58. The third-order valence-electron chi connectivity index (χ3n) is 4.07. The summed E-state index contributed by atoms with van der Waals surface area (Å²) in [6.45, 7) is 1.12. The van der Waals surface area contributed by atoms with Crippen LogP contribution in [0.25, 0.3) is 10.8 Å². The molecular weight excluding hydrogens is 328 g/mol. The summed E-state index contributed by atoms with van der Waals surface area (Å²) in [5.41, 5.74) is 2.32. The van der Waals surface area contributed by atoms with Crippen LogP contribution in [0.5, 0.6) is 17.2 Å². The number of ether oxygens (including phenoxy) is 2. The van der Waals surface area contributed by atoms with Gasteiger partial charge in [0.05, 0.1) is 9.47 Å². The van der Waals surface area contributed by atoms with Crippen LogP contribution in [-0.4, -0.2) is 19.2 Å². The fraction of sp³-hybridized carbons (Fsp3) is 0.286. The van der Waals surface area contributed by atoms with Gasteiger partial charge in [-0.15, -0.1) is 11.6 Å². The first-order chi connectivity index (χ1) is 10.2. The van der Waals surface area contributed by atoms with Crippen LogP contribution in [0.4, 0.5) is 5.69 Å². The normalized spacial score (nSPS) is 19.2. The van der Waals surface area contributed by atoms with Crippen LogP contribution in [0.3, 0.4) is 0 Å². The zero-order valence-corrected chi connectivity index (χ0v) is 14.2. The van der Waals surface area contributed by atoms with Crippen molar-refractivity contribution in [2.24, 2.45) is 0 Å². The Hall–Kier alpha value is -0.950. The molecule has 0 aromatic heterocycles. The number of benzene rings is 2. The van der Waals surface area contributed by atoms with Crippen LogP contribution < -0.4 is 18.7 Å². The highest BCUT2D eigenvalue weighted by molar-refractivity contribution is 7.19. The molecule has 0 saturated heterocycles. The Morgan fingerprint density at radius 2 is 2.24 bits per heavy atom. The van der Waals surface area contributed by atoms with Crippen molar-refractivity contribution in [3.8, 4) is 17.2 Å². The quantitative estimate of drug-likeness (QED) is 0.616. The predicted octanol–water partition coefficient (Wildman–Crippen LogP) is 3.67. The highest BCUT2D eigenvalue weighted by Crippen LogP contribution is 2.52. The van der Waals surface area contributed by atoms with Crippen molar-refractivity contribution in [3.05, 3.63) is 23.8 Å². The van der Waals surface area contributed by atoms with Crippen molar-refractivity contribution in [2.45, 2.75) is 5.92 Å². The lowest BCUT2D eigenvalue weighted by Crippen LogP contribution is -2.09. The Balaban J connectivity index is 2.13. The monoisotopic (exact) mass is 341 g/mol. The summed E-state index contributed by atoms with van der Waals surface area (Å²) in [5.74, 6) is 3.20. The summed E-state index contributed by atoms with van der Waals surface area (Å²) >= 11 is 6.18. The minimum absolute atomic E-state index is 0.255. The van der Waals surface area contributed by atoms with E-state index in [0.717, 1.165) is 40.3 Å². The van der Waals surface area contributed by atoms with E-state index in [4.69, 9.17) is 25.6 Å². The van der Waals surface area contributed by atoms with Gasteiger partial charge in [0.15, 0.2) is 11.5 Å². The maximum atomic E-state index is 6.18. The molecule has 3 atom stereocenters. The summed E-state index contributed by atoms with van der Waals surface area (Å²) in [4.78, 5) is 0. The van der Waals surface area contributed by atoms with Crippen LogP contribution in [0.2, 0.25) is 0 Å². The van der Waals surface area contributed by atoms with Gasteiger partial charge in [0, 0.05) is 40.9 Å². The van der Waals surface area contributed by atoms with Crippen LogP contribution in [0.15, 0.2) is 18.2 Å². The second-order valence-electron chi connectivity index (χ2n) is 5.15. The van der Waals surface area contributed by atoms with E-state index in [1.54, 1.807) is 0 Å². The molecular formula is C14H14ClNO3P2. The second-order valence-corrected chi connectivity index (χ2v) is 6.32. The van der Waals surface area contributed by atoms with Gasteiger partial charge in [-0.05, 0) is 27.1 Å². The van der Waals surface area contributed by atoms with Crippen molar-refractivity contribution in [3.63, 3.8) is 0 Å². The first-order valence-corrected chi connectivity index (χ1v) is 8.11. The van der Waals surface area contributed by atoms with E-state index in [2.05, 4.69) is 23.5 Å². The Kier molecular flexibility index (Phi) is 3.29. The molecule has 4 rings (SSSR count). The number of halogens is 1. The van der Waals surface area contributed by atoms with Gasteiger partial charge in [0.2, 0.25) is 6.79 Å². The number of rotatable bonds is 2.